The van der Waals surface area contributed by atoms with E-state index in [9.17, 15) is 0 Å². The minimum absolute atomic E-state index is 0.450. The Kier molecular flexibility index (Phi) is 4.21. The van der Waals surface area contributed by atoms with Crippen LogP contribution in [0.3, 0.4) is 0 Å². The lowest BCUT2D eigenvalue weighted by Gasteiger charge is -2.12. The predicted octanol–water partition coefficient (Wildman–Crippen LogP) is 4.57. The number of hydrogen-bond donors (Lipinski definition) is 0. The van der Waals surface area contributed by atoms with Gasteiger partial charge in [-0.2, -0.15) is 0 Å². The molecule has 0 saturated heterocycles. The molecule has 0 amide bonds. The molecule has 0 bridgehead atoms. The maximum Gasteiger partial charge on any atom is 0.196 e. The third-order valence-electron chi connectivity index (χ3n) is 3.09. The van der Waals surface area contributed by atoms with Gasteiger partial charge in [0.25, 0.3) is 0 Å². The van der Waals surface area contributed by atoms with E-state index in [1.807, 2.05) is 24.3 Å². The largest absolute Gasteiger partial charge is 0.441 e. The number of rotatable bonds is 5. The number of fused-ring (bicyclic) bond motifs is 1. The number of alkyl halides is 1. The highest BCUT2D eigenvalue weighted by atomic mass is 79.9. The van der Waals surface area contributed by atoms with Gasteiger partial charge in [-0.3, -0.25) is 0 Å². The van der Waals surface area contributed by atoms with Crippen molar-refractivity contribution in [3.8, 4) is 0 Å². The van der Waals surface area contributed by atoms with Gasteiger partial charge in [-0.1, -0.05) is 48.3 Å². The number of aromatic nitrogens is 1. The predicted molar refractivity (Wildman–Crippen MR) is 74.5 cm³/mol. The zero-order chi connectivity index (χ0) is 12.3. The first kappa shape index (κ1) is 12.6. The molecule has 0 N–H and O–H groups in total. The number of nitrogens with zero attached hydrogens (tertiary/aromatic N) is 1. The number of benzene rings is 1. The van der Waals surface area contributed by atoms with Gasteiger partial charge in [0.05, 0.1) is 0 Å². The Morgan fingerprint density at radius 1 is 1.35 bits per heavy atom. The number of hydrogen-bond acceptors (Lipinski definition) is 2. The fraction of sp³-hybridized carbons (Fsp3) is 0.500. The minimum Gasteiger partial charge on any atom is -0.441 e. The van der Waals surface area contributed by atoms with E-state index >= 15 is 0 Å². The van der Waals surface area contributed by atoms with Gasteiger partial charge in [-0.25, -0.2) is 4.98 Å². The number of oxazole rings is 1. The van der Waals surface area contributed by atoms with Gasteiger partial charge in [0.2, 0.25) is 0 Å². The van der Waals surface area contributed by atoms with Crippen LogP contribution in [0.5, 0.6) is 0 Å². The lowest BCUT2D eigenvalue weighted by Crippen LogP contribution is -2.08. The molecular formula is C14H18BrNO. The Morgan fingerprint density at radius 3 is 2.82 bits per heavy atom. The second-order valence-electron chi connectivity index (χ2n) is 4.63. The summed E-state index contributed by atoms with van der Waals surface area (Å²) in [7, 11) is 0. The van der Waals surface area contributed by atoms with Gasteiger partial charge in [-0.15, -0.1) is 0 Å². The third kappa shape index (κ3) is 3.32. The molecule has 2 atom stereocenters. The summed E-state index contributed by atoms with van der Waals surface area (Å²) in [6.07, 6.45) is 3.24. The van der Waals surface area contributed by atoms with Crippen molar-refractivity contribution in [2.45, 2.75) is 37.9 Å². The normalized spacial score (nSPS) is 15.0. The van der Waals surface area contributed by atoms with Crippen LogP contribution in [0.1, 0.15) is 32.6 Å². The zero-order valence-electron chi connectivity index (χ0n) is 10.3. The van der Waals surface area contributed by atoms with Crippen molar-refractivity contribution in [1.82, 2.24) is 4.98 Å². The zero-order valence-corrected chi connectivity index (χ0v) is 11.9. The lowest BCUT2D eigenvalue weighted by molar-refractivity contribution is 0.472. The van der Waals surface area contributed by atoms with E-state index in [1.54, 1.807) is 0 Å². The average Bonchev–Trinajstić information content (AvgIpc) is 2.70. The van der Waals surface area contributed by atoms with E-state index in [0.717, 1.165) is 35.7 Å². The average molecular weight is 296 g/mol. The van der Waals surface area contributed by atoms with E-state index in [4.69, 9.17) is 4.42 Å². The van der Waals surface area contributed by atoms with Crippen LogP contribution < -0.4 is 0 Å². The summed E-state index contributed by atoms with van der Waals surface area (Å²) in [5.74, 6) is 1.57. The Bertz CT molecular complexity index is 447. The molecule has 2 unspecified atom stereocenters. The summed E-state index contributed by atoms with van der Waals surface area (Å²) >= 11 is 3.71. The van der Waals surface area contributed by atoms with E-state index in [-0.39, 0.29) is 0 Å². The van der Waals surface area contributed by atoms with Gasteiger partial charge in [0, 0.05) is 11.2 Å². The molecule has 0 aliphatic carbocycles. The maximum absolute atomic E-state index is 5.71. The van der Waals surface area contributed by atoms with Gasteiger partial charge in [0.1, 0.15) is 5.52 Å². The molecule has 1 aromatic heterocycles. The van der Waals surface area contributed by atoms with Crippen LogP contribution in [0.2, 0.25) is 0 Å². The van der Waals surface area contributed by atoms with E-state index in [0.29, 0.717) is 4.83 Å². The Balaban J connectivity index is 2.03. The van der Waals surface area contributed by atoms with Gasteiger partial charge < -0.3 is 4.42 Å². The SMILES string of the molecule is CCC(C)CC(Br)Cc1nc2ccccc2o1. The molecule has 2 nitrogen and oxygen atoms in total. The maximum atomic E-state index is 5.71. The molecule has 3 heteroatoms. The second-order valence-corrected chi connectivity index (χ2v) is 5.92. The topological polar surface area (TPSA) is 26.0 Å². The summed E-state index contributed by atoms with van der Waals surface area (Å²) in [6, 6.07) is 7.91. The van der Waals surface area contributed by atoms with Crippen LogP contribution in [-0.4, -0.2) is 9.81 Å². The van der Waals surface area contributed by atoms with Crippen LogP contribution in [0.15, 0.2) is 28.7 Å². The first-order valence-corrected chi connectivity index (χ1v) is 7.09. The Hall–Kier alpha value is -0.830. The lowest BCUT2D eigenvalue weighted by atomic mass is 10.0. The van der Waals surface area contributed by atoms with Crippen LogP contribution in [-0.2, 0) is 6.42 Å². The van der Waals surface area contributed by atoms with Gasteiger partial charge >= 0.3 is 0 Å². The third-order valence-corrected chi connectivity index (χ3v) is 3.79. The second kappa shape index (κ2) is 5.67. The van der Waals surface area contributed by atoms with Crippen LogP contribution in [0.4, 0.5) is 0 Å². The van der Waals surface area contributed by atoms with Crippen molar-refractivity contribution < 1.29 is 4.42 Å². The standard InChI is InChI=1S/C14H18BrNO/c1-3-10(2)8-11(15)9-14-16-12-6-4-5-7-13(12)17-14/h4-7,10-11H,3,8-9H2,1-2H3. The molecule has 2 aromatic rings. The van der Waals surface area contributed by atoms with Crippen molar-refractivity contribution in [3.63, 3.8) is 0 Å². The molecule has 0 radical (unpaired) electrons. The summed E-state index contributed by atoms with van der Waals surface area (Å²) in [5.41, 5.74) is 1.83. The van der Waals surface area contributed by atoms with Gasteiger partial charge in [0.15, 0.2) is 11.5 Å². The highest BCUT2D eigenvalue weighted by Crippen LogP contribution is 2.22. The molecule has 92 valence electrons. The number of para-hydroxylation sites is 2. The fourth-order valence-corrected chi connectivity index (χ4v) is 2.80. The Morgan fingerprint density at radius 2 is 2.12 bits per heavy atom. The van der Waals surface area contributed by atoms with Crippen LogP contribution in [0, 0.1) is 5.92 Å². The molecule has 1 aromatic carbocycles. The monoisotopic (exact) mass is 295 g/mol. The van der Waals surface area contributed by atoms with Crippen molar-refractivity contribution in [2.24, 2.45) is 5.92 Å². The van der Waals surface area contributed by atoms with E-state index in [1.165, 1.54) is 6.42 Å². The fourth-order valence-electron chi connectivity index (χ4n) is 1.88. The summed E-state index contributed by atoms with van der Waals surface area (Å²) in [6.45, 7) is 4.50. The van der Waals surface area contributed by atoms with E-state index < -0.39 is 0 Å². The molecule has 17 heavy (non-hydrogen) atoms. The number of halogens is 1. The molecule has 0 saturated carbocycles. The summed E-state index contributed by atoms with van der Waals surface area (Å²) in [4.78, 5) is 4.94. The van der Waals surface area contributed by atoms with Crippen molar-refractivity contribution in [2.75, 3.05) is 0 Å². The van der Waals surface area contributed by atoms with Crippen molar-refractivity contribution in [3.05, 3.63) is 30.2 Å². The minimum atomic E-state index is 0.450. The molecule has 0 fully saturated rings. The highest BCUT2D eigenvalue weighted by Gasteiger charge is 2.13. The highest BCUT2D eigenvalue weighted by molar-refractivity contribution is 9.09. The van der Waals surface area contributed by atoms with E-state index in [2.05, 4.69) is 34.8 Å². The van der Waals surface area contributed by atoms with Crippen molar-refractivity contribution in [1.29, 1.82) is 0 Å². The Labute approximate surface area is 111 Å². The molecule has 2 rings (SSSR count). The first-order valence-electron chi connectivity index (χ1n) is 6.17. The smallest absolute Gasteiger partial charge is 0.196 e. The summed E-state index contributed by atoms with van der Waals surface area (Å²) in [5, 5.41) is 0. The van der Waals surface area contributed by atoms with Gasteiger partial charge in [-0.05, 0) is 24.5 Å². The summed E-state index contributed by atoms with van der Waals surface area (Å²) < 4.78 is 5.71. The first-order chi connectivity index (χ1) is 8.19. The molecule has 0 aliphatic heterocycles. The quantitative estimate of drug-likeness (QED) is 0.755. The molecule has 0 spiro atoms. The molecular weight excluding hydrogens is 278 g/mol. The van der Waals surface area contributed by atoms with Crippen LogP contribution >= 0.6 is 15.9 Å². The molecule has 0 aliphatic rings. The van der Waals surface area contributed by atoms with Crippen LogP contribution in [0.25, 0.3) is 11.1 Å². The molecule has 1 heterocycles. The van der Waals surface area contributed by atoms with Crippen molar-refractivity contribution >= 4 is 27.0 Å².